The highest BCUT2D eigenvalue weighted by molar-refractivity contribution is 9.10. The van der Waals surface area contributed by atoms with Gasteiger partial charge in [0.25, 0.3) is 0 Å². The first-order valence-electron chi connectivity index (χ1n) is 5.71. The Labute approximate surface area is 115 Å². The molecule has 1 aromatic carbocycles. The molecule has 1 unspecified atom stereocenters. The minimum Gasteiger partial charge on any atom is -0.481 e. The number of anilines is 1. The summed E-state index contributed by atoms with van der Waals surface area (Å²) in [5, 5.41) is 20.8. The first-order valence-corrected chi connectivity index (χ1v) is 6.50. The van der Waals surface area contributed by atoms with Crippen molar-refractivity contribution in [3.63, 3.8) is 0 Å². The summed E-state index contributed by atoms with van der Waals surface area (Å²) in [5.74, 6) is -0.774. The van der Waals surface area contributed by atoms with Crippen molar-refractivity contribution < 1.29 is 9.90 Å². The molecule has 0 aliphatic rings. The standard InChI is InChI=1S/C13H15BrN2O2/c1-9(3-2-4-13(17)18)16-12-6-5-11(14)7-10(12)8-15/h5-7,9,16H,2-4H2,1H3,(H,17,18). The van der Waals surface area contributed by atoms with Gasteiger partial charge in [0.2, 0.25) is 0 Å². The van der Waals surface area contributed by atoms with E-state index in [0.717, 1.165) is 16.6 Å². The van der Waals surface area contributed by atoms with Crippen LogP contribution in [0.4, 0.5) is 5.69 Å². The normalized spacial score (nSPS) is 11.6. The summed E-state index contributed by atoms with van der Waals surface area (Å²) in [7, 11) is 0. The number of nitriles is 1. The zero-order valence-corrected chi connectivity index (χ0v) is 11.7. The van der Waals surface area contributed by atoms with Gasteiger partial charge in [-0.1, -0.05) is 15.9 Å². The van der Waals surface area contributed by atoms with E-state index in [0.29, 0.717) is 12.0 Å². The molecule has 5 heteroatoms. The smallest absolute Gasteiger partial charge is 0.303 e. The minimum absolute atomic E-state index is 0.137. The van der Waals surface area contributed by atoms with E-state index in [1.54, 1.807) is 6.07 Å². The van der Waals surface area contributed by atoms with Crippen LogP contribution in [0.3, 0.4) is 0 Å². The van der Waals surface area contributed by atoms with Crippen LogP contribution in [-0.4, -0.2) is 17.1 Å². The van der Waals surface area contributed by atoms with E-state index >= 15 is 0 Å². The Morgan fingerprint density at radius 3 is 2.94 bits per heavy atom. The summed E-state index contributed by atoms with van der Waals surface area (Å²) in [6.45, 7) is 1.98. The molecule has 1 atom stereocenters. The molecular weight excluding hydrogens is 296 g/mol. The van der Waals surface area contributed by atoms with Crippen molar-refractivity contribution in [2.45, 2.75) is 32.2 Å². The van der Waals surface area contributed by atoms with Crippen molar-refractivity contribution in [2.24, 2.45) is 0 Å². The maximum Gasteiger partial charge on any atom is 0.303 e. The first-order chi connectivity index (χ1) is 8.52. The lowest BCUT2D eigenvalue weighted by atomic mass is 10.1. The molecule has 0 spiro atoms. The predicted molar refractivity (Wildman–Crippen MR) is 73.4 cm³/mol. The molecule has 0 aromatic heterocycles. The van der Waals surface area contributed by atoms with Gasteiger partial charge in [-0.05, 0) is 38.0 Å². The van der Waals surface area contributed by atoms with Gasteiger partial charge >= 0.3 is 5.97 Å². The number of hydrogen-bond acceptors (Lipinski definition) is 3. The molecule has 0 fully saturated rings. The zero-order valence-electron chi connectivity index (χ0n) is 10.1. The average Bonchev–Trinajstić information content (AvgIpc) is 2.31. The lowest BCUT2D eigenvalue weighted by molar-refractivity contribution is -0.137. The largest absolute Gasteiger partial charge is 0.481 e. The van der Waals surface area contributed by atoms with Gasteiger partial charge in [0.15, 0.2) is 0 Å². The number of nitrogens with zero attached hydrogens (tertiary/aromatic N) is 1. The second kappa shape index (κ2) is 7.02. The number of benzene rings is 1. The fourth-order valence-electron chi connectivity index (χ4n) is 1.63. The maximum absolute atomic E-state index is 10.4. The van der Waals surface area contributed by atoms with Gasteiger partial charge in [0, 0.05) is 16.9 Å². The first kappa shape index (κ1) is 14.5. The fourth-order valence-corrected chi connectivity index (χ4v) is 1.99. The van der Waals surface area contributed by atoms with E-state index in [1.165, 1.54) is 0 Å². The molecule has 0 radical (unpaired) electrons. The molecule has 0 saturated carbocycles. The monoisotopic (exact) mass is 310 g/mol. The molecular formula is C13H15BrN2O2. The Balaban J connectivity index is 2.56. The second-order valence-corrected chi connectivity index (χ2v) is 5.05. The van der Waals surface area contributed by atoms with E-state index in [2.05, 4.69) is 27.3 Å². The van der Waals surface area contributed by atoms with Crippen molar-refractivity contribution in [1.82, 2.24) is 0 Å². The maximum atomic E-state index is 10.4. The van der Waals surface area contributed by atoms with Crippen molar-refractivity contribution in [3.05, 3.63) is 28.2 Å². The number of nitrogens with one attached hydrogen (secondary N) is 1. The lowest BCUT2D eigenvalue weighted by Crippen LogP contribution is -2.16. The van der Waals surface area contributed by atoms with Crippen molar-refractivity contribution >= 4 is 27.6 Å². The van der Waals surface area contributed by atoms with Crippen LogP contribution in [0.2, 0.25) is 0 Å². The van der Waals surface area contributed by atoms with Crippen molar-refractivity contribution in [1.29, 1.82) is 5.26 Å². The molecule has 96 valence electrons. The molecule has 0 amide bonds. The topological polar surface area (TPSA) is 73.1 Å². The van der Waals surface area contributed by atoms with Gasteiger partial charge in [-0.15, -0.1) is 0 Å². The molecule has 0 bridgehead atoms. The van der Waals surface area contributed by atoms with Crippen LogP contribution in [0.5, 0.6) is 0 Å². The minimum atomic E-state index is -0.774. The fraction of sp³-hybridized carbons (Fsp3) is 0.385. The number of rotatable bonds is 6. The quantitative estimate of drug-likeness (QED) is 0.844. The zero-order chi connectivity index (χ0) is 13.5. The van der Waals surface area contributed by atoms with Crippen LogP contribution in [-0.2, 0) is 4.79 Å². The molecule has 4 nitrogen and oxygen atoms in total. The van der Waals surface area contributed by atoms with Gasteiger partial charge in [-0.25, -0.2) is 0 Å². The Morgan fingerprint density at radius 1 is 1.61 bits per heavy atom. The number of halogens is 1. The molecule has 0 aliphatic heterocycles. The van der Waals surface area contributed by atoms with Gasteiger partial charge < -0.3 is 10.4 Å². The molecule has 0 aliphatic carbocycles. The van der Waals surface area contributed by atoms with Crippen LogP contribution in [0.25, 0.3) is 0 Å². The third-order valence-corrected chi connectivity index (χ3v) is 3.02. The number of hydrogen-bond donors (Lipinski definition) is 2. The highest BCUT2D eigenvalue weighted by Crippen LogP contribution is 2.21. The summed E-state index contributed by atoms with van der Waals surface area (Å²) in [6, 6.07) is 7.73. The van der Waals surface area contributed by atoms with E-state index < -0.39 is 5.97 Å². The molecule has 2 N–H and O–H groups in total. The third-order valence-electron chi connectivity index (χ3n) is 2.53. The van der Waals surface area contributed by atoms with Crippen LogP contribution >= 0.6 is 15.9 Å². The molecule has 1 aromatic rings. The number of carbonyl (C=O) groups is 1. The van der Waals surface area contributed by atoms with Crippen molar-refractivity contribution in [3.8, 4) is 6.07 Å². The third kappa shape index (κ3) is 4.76. The van der Waals surface area contributed by atoms with E-state index in [9.17, 15) is 4.79 Å². The highest BCUT2D eigenvalue weighted by Gasteiger charge is 2.07. The van der Waals surface area contributed by atoms with E-state index in [-0.39, 0.29) is 12.5 Å². The van der Waals surface area contributed by atoms with Crippen LogP contribution in [0.1, 0.15) is 31.7 Å². The van der Waals surface area contributed by atoms with Crippen molar-refractivity contribution in [2.75, 3.05) is 5.32 Å². The summed E-state index contributed by atoms with van der Waals surface area (Å²) >= 11 is 3.32. The van der Waals surface area contributed by atoms with Gasteiger partial charge in [0.1, 0.15) is 6.07 Å². The van der Waals surface area contributed by atoms with E-state index in [4.69, 9.17) is 10.4 Å². The van der Waals surface area contributed by atoms with Gasteiger partial charge in [-0.3, -0.25) is 4.79 Å². The van der Waals surface area contributed by atoms with Crippen LogP contribution < -0.4 is 5.32 Å². The number of carboxylic acid groups (broad SMARTS) is 1. The Morgan fingerprint density at radius 2 is 2.33 bits per heavy atom. The highest BCUT2D eigenvalue weighted by atomic mass is 79.9. The predicted octanol–water partition coefficient (Wildman–Crippen LogP) is 3.38. The SMILES string of the molecule is CC(CCCC(=O)O)Nc1ccc(Br)cc1C#N. The Hall–Kier alpha value is -1.54. The van der Waals surface area contributed by atoms with Gasteiger partial charge in [0.05, 0.1) is 11.3 Å². The summed E-state index contributed by atoms with van der Waals surface area (Å²) in [4.78, 5) is 10.4. The summed E-state index contributed by atoms with van der Waals surface area (Å²) in [6.07, 6.45) is 1.56. The molecule has 18 heavy (non-hydrogen) atoms. The Kier molecular flexibility index (Phi) is 5.66. The average molecular weight is 311 g/mol. The summed E-state index contributed by atoms with van der Waals surface area (Å²) < 4.78 is 0.864. The van der Waals surface area contributed by atoms with Gasteiger partial charge in [-0.2, -0.15) is 5.26 Å². The van der Waals surface area contributed by atoms with E-state index in [1.807, 2.05) is 19.1 Å². The molecule has 0 saturated heterocycles. The van der Waals surface area contributed by atoms with Crippen LogP contribution in [0.15, 0.2) is 22.7 Å². The Bertz CT molecular complexity index is 469. The number of aliphatic carboxylic acids is 1. The molecule has 0 heterocycles. The summed E-state index contributed by atoms with van der Waals surface area (Å²) in [5.41, 5.74) is 1.36. The van der Waals surface area contributed by atoms with Crippen LogP contribution in [0, 0.1) is 11.3 Å². The lowest BCUT2D eigenvalue weighted by Gasteiger charge is -2.15. The number of carboxylic acids is 1. The second-order valence-electron chi connectivity index (χ2n) is 4.13. The molecule has 1 rings (SSSR count).